The number of halogens is 1. The van der Waals surface area contributed by atoms with E-state index in [2.05, 4.69) is 5.32 Å². The monoisotopic (exact) mass is 460 g/mol. The van der Waals surface area contributed by atoms with E-state index in [0.29, 0.717) is 6.42 Å². The first-order chi connectivity index (χ1) is 16.1. The molecule has 3 aromatic rings. The molecule has 0 radical (unpaired) electrons. The van der Waals surface area contributed by atoms with Gasteiger partial charge in [0.05, 0.1) is 6.42 Å². The second-order valence-corrected chi connectivity index (χ2v) is 9.70. The summed E-state index contributed by atoms with van der Waals surface area (Å²) in [6, 6.07) is 22.8. The van der Waals surface area contributed by atoms with Gasteiger partial charge < -0.3 is 10.2 Å². The van der Waals surface area contributed by atoms with E-state index in [9.17, 15) is 14.0 Å². The summed E-state index contributed by atoms with van der Waals surface area (Å²) >= 11 is 0. The number of hydrogen-bond donors (Lipinski definition) is 1. The van der Waals surface area contributed by atoms with Crippen LogP contribution in [-0.4, -0.2) is 28.3 Å². The highest BCUT2D eigenvalue weighted by Gasteiger charge is 2.32. The summed E-state index contributed by atoms with van der Waals surface area (Å²) in [6.07, 6.45) is 0.561. The van der Waals surface area contributed by atoms with Gasteiger partial charge in [0.1, 0.15) is 11.9 Å². The zero-order valence-corrected chi connectivity index (χ0v) is 20.3. The molecule has 0 spiro atoms. The van der Waals surface area contributed by atoms with Gasteiger partial charge in [-0.05, 0) is 62.1 Å². The number of hydrogen-bond acceptors (Lipinski definition) is 2. The number of carbonyl (C=O) groups excluding carboxylic acids is 2. The molecular formula is C29H33FN2O2. The molecule has 0 heterocycles. The van der Waals surface area contributed by atoms with Crippen LogP contribution in [0.4, 0.5) is 4.39 Å². The number of benzene rings is 3. The van der Waals surface area contributed by atoms with E-state index in [1.807, 2.05) is 82.3 Å². The average molecular weight is 461 g/mol. The largest absolute Gasteiger partial charge is 0.350 e. The molecule has 1 atom stereocenters. The highest BCUT2D eigenvalue weighted by molar-refractivity contribution is 5.89. The van der Waals surface area contributed by atoms with Crippen molar-refractivity contribution >= 4 is 11.8 Å². The molecule has 2 amide bonds. The third kappa shape index (κ3) is 7.27. The second kappa shape index (κ2) is 11.1. The maximum absolute atomic E-state index is 13.7. The Balaban J connectivity index is 1.99. The number of amides is 2. The summed E-state index contributed by atoms with van der Waals surface area (Å²) in [4.78, 5) is 28.9. The fourth-order valence-corrected chi connectivity index (χ4v) is 3.87. The Morgan fingerprint density at radius 2 is 1.50 bits per heavy atom. The first kappa shape index (κ1) is 25.2. The molecular weight excluding hydrogens is 427 g/mol. The number of nitrogens with zero attached hydrogens (tertiary/aromatic N) is 1. The van der Waals surface area contributed by atoms with Crippen molar-refractivity contribution in [3.05, 3.63) is 107 Å². The van der Waals surface area contributed by atoms with Gasteiger partial charge in [-0.3, -0.25) is 9.59 Å². The molecule has 34 heavy (non-hydrogen) atoms. The van der Waals surface area contributed by atoms with Gasteiger partial charge in [-0.1, -0.05) is 66.7 Å². The van der Waals surface area contributed by atoms with E-state index >= 15 is 0 Å². The van der Waals surface area contributed by atoms with Gasteiger partial charge in [0, 0.05) is 18.5 Å². The van der Waals surface area contributed by atoms with Gasteiger partial charge in [-0.15, -0.1) is 0 Å². The molecule has 0 bridgehead atoms. The maximum atomic E-state index is 13.7. The van der Waals surface area contributed by atoms with E-state index in [1.54, 1.807) is 17.0 Å². The molecule has 0 aliphatic carbocycles. The lowest BCUT2D eigenvalue weighted by Crippen LogP contribution is -2.54. The van der Waals surface area contributed by atoms with Gasteiger partial charge in [0.15, 0.2) is 0 Å². The van der Waals surface area contributed by atoms with Crippen LogP contribution >= 0.6 is 0 Å². The molecule has 0 aliphatic rings. The molecule has 1 N–H and O–H groups in total. The van der Waals surface area contributed by atoms with Crippen LogP contribution in [0.5, 0.6) is 0 Å². The molecule has 3 rings (SSSR count). The molecule has 0 unspecified atom stereocenters. The zero-order chi connectivity index (χ0) is 24.7. The lowest BCUT2D eigenvalue weighted by molar-refractivity contribution is -0.141. The van der Waals surface area contributed by atoms with Crippen molar-refractivity contribution in [2.75, 3.05) is 0 Å². The summed E-state index contributed by atoms with van der Waals surface area (Å²) in [5.74, 6) is -0.701. The van der Waals surface area contributed by atoms with E-state index in [0.717, 1.165) is 22.3 Å². The van der Waals surface area contributed by atoms with Gasteiger partial charge in [-0.25, -0.2) is 4.39 Å². The molecule has 0 saturated carbocycles. The SMILES string of the molecule is Cc1ccccc1CC(=O)N(Cc1ccc(F)cc1)[C@@H](Cc1ccccc1)C(=O)NC(C)(C)C. The average Bonchev–Trinajstić information content (AvgIpc) is 2.78. The van der Waals surface area contributed by atoms with Crippen molar-refractivity contribution in [2.24, 2.45) is 0 Å². The normalized spacial score (nSPS) is 12.1. The standard InChI is InChI=1S/C29H33FN2O2/c1-21-10-8-9-13-24(21)19-27(33)32(20-23-14-16-25(30)17-15-23)26(28(34)31-29(2,3)4)18-22-11-6-5-7-12-22/h5-17,26H,18-20H2,1-4H3,(H,31,34)/t26-/m0/s1. The van der Waals surface area contributed by atoms with E-state index in [-0.39, 0.29) is 30.6 Å². The van der Waals surface area contributed by atoms with Crippen LogP contribution in [0.15, 0.2) is 78.9 Å². The van der Waals surface area contributed by atoms with Crippen molar-refractivity contribution in [2.45, 2.75) is 58.7 Å². The maximum Gasteiger partial charge on any atom is 0.243 e. The van der Waals surface area contributed by atoms with Gasteiger partial charge in [0.2, 0.25) is 11.8 Å². The Morgan fingerprint density at radius 3 is 2.12 bits per heavy atom. The van der Waals surface area contributed by atoms with E-state index in [4.69, 9.17) is 0 Å². The Hall–Kier alpha value is -3.47. The van der Waals surface area contributed by atoms with Crippen molar-refractivity contribution in [3.8, 4) is 0 Å². The smallest absolute Gasteiger partial charge is 0.243 e. The Bertz CT molecular complexity index is 1100. The third-order valence-electron chi connectivity index (χ3n) is 5.64. The minimum absolute atomic E-state index is 0.149. The van der Waals surface area contributed by atoms with Crippen molar-refractivity contribution in [1.82, 2.24) is 10.2 Å². The van der Waals surface area contributed by atoms with Crippen molar-refractivity contribution in [3.63, 3.8) is 0 Å². The van der Waals surface area contributed by atoms with Gasteiger partial charge in [-0.2, -0.15) is 0 Å². The van der Waals surface area contributed by atoms with Crippen LogP contribution in [0.25, 0.3) is 0 Å². The summed E-state index contributed by atoms with van der Waals surface area (Å²) < 4.78 is 13.5. The summed E-state index contributed by atoms with van der Waals surface area (Å²) in [7, 11) is 0. The number of carbonyl (C=O) groups is 2. The molecule has 0 fully saturated rings. The topological polar surface area (TPSA) is 49.4 Å². The van der Waals surface area contributed by atoms with Gasteiger partial charge >= 0.3 is 0 Å². The van der Waals surface area contributed by atoms with Crippen LogP contribution in [0, 0.1) is 12.7 Å². The minimum Gasteiger partial charge on any atom is -0.350 e. The van der Waals surface area contributed by atoms with Gasteiger partial charge in [0.25, 0.3) is 0 Å². The minimum atomic E-state index is -0.719. The van der Waals surface area contributed by atoms with Crippen LogP contribution < -0.4 is 5.32 Å². The number of aryl methyl sites for hydroxylation is 1. The van der Waals surface area contributed by atoms with Crippen LogP contribution in [-0.2, 0) is 29.0 Å². The summed E-state index contributed by atoms with van der Waals surface area (Å²) in [5.41, 5.74) is 3.22. The second-order valence-electron chi connectivity index (χ2n) is 9.70. The first-order valence-electron chi connectivity index (χ1n) is 11.6. The molecule has 4 nitrogen and oxygen atoms in total. The molecule has 0 aliphatic heterocycles. The number of nitrogens with one attached hydrogen (secondary N) is 1. The fourth-order valence-electron chi connectivity index (χ4n) is 3.87. The third-order valence-corrected chi connectivity index (χ3v) is 5.64. The zero-order valence-electron chi connectivity index (χ0n) is 20.3. The molecule has 5 heteroatoms. The highest BCUT2D eigenvalue weighted by atomic mass is 19.1. The predicted molar refractivity (Wildman–Crippen MR) is 134 cm³/mol. The molecule has 0 aromatic heterocycles. The Labute approximate surface area is 201 Å². The summed E-state index contributed by atoms with van der Waals surface area (Å²) in [6.45, 7) is 7.94. The Kier molecular flexibility index (Phi) is 8.21. The van der Waals surface area contributed by atoms with Crippen LogP contribution in [0.2, 0.25) is 0 Å². The first-order valence-corrected chi connectivity index (χ1v) is 11.6. The van der Waals surface area contributed by atoms with Crippen LogP contribution in [0.1, 0.15) is 43.0 Å². The van der Waals surface area contributed by atoms with E-state index < -0.39 is 11.6 Å². The van der Waals surface area contributed by atoms with Crippen molar-refractivity contribution in [1.29, 1.82) is 0 Å². The fraction of sp³-hybridized carbons (Fsp3) is 0.310. The van der Waals surface area contributed by atoms with Crippen LogP contribution in [0.3, 0.4) is 0 Å². The van der Waals surface area contributed by atoms with E-state index in [1.165, 1.54) is 12.1 Å². The number of rotatable bonds is 8. The lowest BCUT2D eigenvalue weighted by Gasteiger charge is -2.34. The molecule has 3 aromatic carbocycles. The summed E-state index contributed by atoms with van der Waals surface area (Å²) in [5, 5.41) is 3.05. The highest BCUT2D eigenvalue weighted by Crippen LogP contribution is 2.19. The van der Waals surface area contributed by atoms with Crippen molar-refractivity contribution < 1.29 is 14.0 Å². The predicted octanol–water partition coefficient (Wildman–Crippen LogP) is 5.23. The Morgan fingerprint density at radius 1 is 0.882 bits per heavy atom. The molecule has 178 valence electrons. The lowest BCUT2D eigenvalue weighted by atomic mass is 9.99. The molecule has 0 saturated heterocycles. The quantitative estimate of drug-likeness (QED) is 0.500.